The van der Waals surface area contributed by atoms with E-state index in [0.717, 1.165) is 46.7 Å². The van der Waals surface area contributed by atoms with Crippen LogP contribution in [0.1, 0.15) is 48.9 Å². The summed E-state index contributed by atoms with van der Waals surface area (Å²) in [5, 5.41) is 8.85. The summed E-state index contributed by atoms with van der Waals surface area (Å²) in [5.74, 6) is 2.50. The second-order valence-electron chi connectivity index (χ2n) is 8.10. The Morgan fingerprint density at radius 1 is 1.16 bits per heavy atom. The summed E-state index contributed by atoms with van der Waals surface area (Å²) < 4.78 is 8.13. The first kappa shape index (κ1) is 20.8. The highest BCUT2D eigenvalue weighted by Gasteiger charge is 2.38. The van der Waals surface area contributed by atoms with Gasteiger partial charge in [0.1, 0.15) is 18.4 Å². The van der Waals surface area contributed by atoms with Gasteiger partial charge in [-0.3, -0.25) is 4.79 Å². The molecule has 1 aromatic heterocycles. The van der Waals surface area contributed by atoms with Crippen LogP contribution in [0.15, 0.2) is 65.0 Å². The van der Waals surface area contributed by atoms with Crippen molar-refractivity contribution in [3.8, 4) is 5.75 Å². The molecular weight excluding hydrogens is 420 g/mol. The molecule has 0 fully saturated rings. The lowest BCUT2D eigenvalue weighted by molar-refractivity contribution is -0.116. The number of nitrogens with one attached hydrogen (secondary N) is 1. The van der Waals surface area contributed by atoms with Gasteiger partial charge in [-0.05, 0) is 37.1 Å². The van der Waals surface area contributed by atoms with E-state index in [4.69, 9.17) is 9.84 Å². The Morgan fingerprint density at radius 3 is 2.78 bits per heavy atom. The Labute approximate surface area is 192 Å². The van der Waals surface area contributed by atoms with Gasteiger partial charge in [-0.15, -0.1) is 5.10 Å². The van der Waals surface area contributed by atoms with Crippen LogP contribution in [-0.4, -0.2) is 26.3 Å². The van der Waals surface area contributed by atoms with Gasteiger partial charge in [-0.2, -0.15) is 4.98 Å². The van der Waals surface area contributed by atoms with Crippen LogP contribution in [0.2, 0.25) is 0 Å². The van der Waals surface area contributed by atoms with Crippen LogP contribution in [0.25, 0.3) is 0 Å². The van der Waals surface area contributed by atoms with Crippen molar-refractivity contribution in [2.24, 2.45) is 0 Å². The number of thioether (sulfide) groups is 1. The van der Waals surface area contributed by atoms with Crippen molar-refractivity contribution in [3.05, 3.63) is 76.5 Å². The van der Waals surface area contributed by atoms with Crippen molar-refractivity contribution >= 4 is 23.5 Å². The third kappa shape index (κ3) is 3.93. The molecule has 2 aromatic carbocycles. The lowest BCUT2D eigenvalue weighted by Gasteiger charge is -2.32. The first-order valence-electron chi connectivity index (χ1n) is 11.0. The quantitative estimate of drug-likeness (QED) is 0.518. The van der Waals surface area contributed by atoms with Gasteiger partial charge in [-0.25, -0.2) is 4.68 Å². The molecule has 5 rings (SSSR count). The number of hydrogen-bond donors (Lipinski definition) is 1. The number of aromatic nitrogens is 3. The summed E-state index contributed by atoms with van der Waals surface area (Å²) in [6.45, 7) is 4.62. The molecule has 164 valence electrons. The first-order chi connectivity index (χ1) is 15.6. The van der Waals surface area contributed by atoms with Gasteiger partial charge in [0.25, 0.3) is 0 Å². The van der Waals surface area contributed by atoms with Crippen molar-refractivity contribution in [1.82, 2.24) is 14.8 Å². The number of aryl methyl sites for hydroxylation is 1. The Hall–Kier alpha value is -3.06. The van der Waals surface area contributed by atoms with E-state index in [1.165, 1.54) is 5.56 Å². The summed E-state index contributed by atoms with van der Waals surface area (Å²) >= 11 is 1.60. The topological polar surface area (TPSA) is 69.0 Å². The van der Waals surface area contributed by atoms with E-state index in [2.05, 4.69) is 48.4 Å². The van der Waals surface area contributed by atoms with Crippen LogP contribution in [0.4, 0.5) is 5.95 Å². The molecule has 0 spiro atoms. The highest BCUT2D eigenvalue weighted by atomic mass is 32.2. The standard InChI is InChI=1S/C25H26N4O2S/c1-3-32-25-27-24-26-19-8-6-9-20(30)22(19)23(29(24)28-25)18-7-4-5-10-21(18)31-15-17-13-11-16(2)12-14-17/h4-5,7,10-14,23H,3,6,8-9,15H2,1-2H3,(H,26,27,28). The monoisotopic (exact) mass is 446 g/mol. The molecule has 1 aliphatic carbocycles. The zero-order chi connectivity index (χ0) is 22.1. The van der Waals surface area contributed by atoms with Crippen LogP contribution in [0.5, 0.6) is 5.75 Å². The third-order valence-corrected chi connectivity index (χ3v) is 6.57. The number of fused-ring (bicyclic) bond motifs is 1. The summed E-state index contributed by atoms with van der Waals surface area (Å²) in [7, 11) is 0. The van der Waals surface area contributed by atoms with E-state index in [-0.39, 0.29) is 11.8 Å². The average Bonchev–Trinajstić information content (AvgIpc) is 3.20. The minimum Gasteiger partial charge on any atom is -0.489 e. The second kappa shape index (κ2) is 8.82. The van der Waals surface area contributed by atoms with Crippen molar-refractivity contribution < 1.29 is 9.53 Å². The maximum Gasteiger partial charge on any atom is 0.227 e. The van der Waals surface area contributed by atoms with Gasteiger partial charge >= 0.3 is 0 Å². The lowest BCUT2D eigenvalue weighted by atomic mass is 9.85. The number of ketones is 1. The van der Waals surface area contributed by atoms with Crippen LogP contribution in [0.3, 0.4) is 0 Å². The molecule has 0 saturated heterocycles. The number of carbonyl (C=O) groups is 1. The SMILES string of the molecule is CCSc1nc2n(n1)C(c1ccccc1OCc1ccc(C)cc1)C1=C(CCCC1=O)N2. The maximum absolute atomic E-state index is 13.1. The van der Waals surface area contributed by atoms with E-state index in [1.54, 1.807) is 11.8 Å². The molecule has 0 saturated carbocycles. The molecule has 1 N–H and O–H groups in total. The smallest absolute Gasteiger partial charge is 0.227 e. The molecular formula is C25H26N4O2S. The highest BCUT2D eigenvalue weighted by Crippen LogP contribution is 2.43. The molecule has 1 unspecified atom stereocenters. The van der Waals surface area contributed by atoms with E-state index >= 15 is 0 Å². The lowest BCUT2D eigenvalue weighted by Crippen LogP contribution is -2.31. The van der Waals surface area contributed by atoms with Gasteiger partial charge in [0.05, 0.1) is 0 Å². The molecule has 3 aromatic rings. The van der Waals surface area contributed by atoms with Crippen molar-refractivity contribution in [2.75, 3.05) is 11.1 Å². The molecule has 0 amide bonds. The number of rotatable bonds is 6. The number of ether oxygens (including phenoxy) is 1. The number of hydrogen-bond acceptors (Lipinski definition) is 6. The zero-order valence-corrected chi connectivity index (χ0v) is 19.1. The number of nitrogens with zero attached hydrogens (tertiary/aromatic N) is 3. The number of allylic oxidation sites excluding steroid dienone is 2. The summed E-state index contributed by atoms with van der Waals surface area (Å²) in [6, 6.07) is 15.9. The van der Waals surface area contributed by atoms with Crippen molar-refractivity contribution in [3.63, 3.8) is 0 Å². The summed E-state index contributed by atoms with van der Waals surface area (Å²) in [6.07, 6.45) is 2.25. The molecule has 1 atom stereocenters. The third-order valence-electron chi connectivity index (χ3n) is 5.85. The number of benzene rings is 2. The number of para-hydroxylation sites is 1. The van der Waals surface area contributed by atoms with Crippen LogP contribution in [0, 0.1) is 6.92 Å². The Balaban J connectivity index is 1.55. The number of Topliss-reactive ketones (excluding diaryl/α,β-unsaturated/α-hetero) is 1. The van der Waals surface area contributed by atoms with Gasteiger partial charge in [0.15, 0.2) is 5.78 Å². The Kier molecular flexibility index (Phi) is 5.74. The highest BCUT2D eigenvalue weighted by molar-refractivity contribution is 7.99. The summed E-state index contributed by atoms with van der Waals surface area (Å²) in [4.78, 5) is 17.8. The molecule has 6 nitrogen and oxygen atoms in total. The average molecular weight is 447 g/mol. The fourth-order valence-corrected chi connectivity index (χ4v) is 4.85. The first-order valence-corrected chi connectivity index (χ1v) is 12.0. The van der Waals surface area contributed by atoms with Gasteiger partial charge in [0, 0.05) is 23.3 Å². The number of anilines is 1. The van der Waals surface area contributed by atoms with Gasteiger partial charge < -0.3 is 10.1 Å². The van der Waals surface area contributed by atoms with E-state index in [9.17, 15) is 4.79 Å². The van der Waals surface area contributed by atoms with Crippen molar-refractivity contribution in [2.45, 2.75) is 50.9 Å². The zero-order valence-electron chi connectivity index (χ0n) is 18.3. The van der Waals surface area contributed by atoms with Crippen molar-refractivity contribution in [1.29, 1.82) is 0 Å². The van der Waals surface area contributed by atoms with Crippen LogP contribution in [-0.2, 0) is 11.4 Å². The van der Waals surface area contributed by atoms with E-state index in [0.29, 0.717) is 24.1 Å². The Bertz CT molecular complexity index is 1180. The van der Waals surface area contributed by atoms with Crippen LogP contribution >= 0.6 is 11.8 Å². The number of carbonyl (C=O) groups excluding carboxylic acids is 1. The Morgan fingerprint density at radius 2 is 1.97 bits per heavy atom. The van der Waals surface area contributed by atoms with E-state index in [1.807, 2.05) is 28.9 Å². The normalized spacial score (nSPS) is 17.6. The molecule has 1 aliphatic heterocycles. The minimum atomic E-state index is -0.345. The molecule has 7 heteroatoms. The van der Waals surface area contributed by atoms with Gasteiger partial charge in [-0.1, -0.05) is 66.7 Å². The fourth-order valence-electron chi connectivity index (χ4n) is 4.30. The molecule has 32 heavy (non-hydrogen) atoms. The predicted molar refractivity (Wildman–Crippen MR) is 126 cm³/mol. The second-order valence-corrected chi connectivity index (χ2v) is 9.34. The maximum atomic E-state index is 13.1. The molecule has 2 heterocycles. The molecule has 2 aliphatic rings. The predicted octanol–water partition coefficient (Wildman–Crippen LogP) is 5.30. The van der Waals surface area contributed by atoms with Crippen LogP contribution < -0.4 is 10.1 Å². The molecule has 0 radical (unpaired) electrons. The fraction of sp³-hybridized carbons (Fsp3) is 0.320. The van der Waals surface area contributed by atoms with Gasteiger partial charge in [0.2, 0.25) is 11.1 Å². The molecule has 0 bridgehead atoms. The summed E-state index contributed by atoms with van der Waals surface area (Å²) in [5.41, 5.74) is 5.01. The minimum absolute atomic E-state index is 0.169. The van der Waals surface area contributed by atoms with E-state index < -0.39 is 0 Å². The largest absolute Gasteiger partial charge is 0.489 e.